The molecular formula is C16H24F2N2O. The first-order valence-electron chi connectivity index (χ1n) is 7.68. The minimum absolute atomic E-state index is 0.165. The summed E-state index contributed by atoms with van der Waals surface area (Å²) in [4.78, 5) is 2.27. The zero-order valence-electron chi connectivity index (χ0n) is 12.7. The molecule has 0 spiro atoms. The Morgan fingerprint density at radius 2 is 2.19 bits per heavy atom. The van der Waals surface area contributed by atoms with Gasteiger partial charge in [0.2, 0.25) is 0 Å². The average molecular weight is 298 g/mol. The second-order valence-corrected chi connectivity index (χ2v) is 5.40. The third kappa shape index (κ3) is 4.22. The Labute approximate surface area is 125 Å². The van der Waals surface area contributed by atoms with E-state index in [0.717, 1.165) is 38.7 Å². The Morgan fingerprint density at radius 3 is 2.90 bits per heavy atom. The van der Waals surface area contributed by atoms with Crippen LogP contribution in [0.4, 0.5) is 8.78 Å². The molecule has 2 atom stereocenters. The maximum absolute atomic E-state index is 14.1. The summed E-state index contributed by atoms with van der Waals surface area (Å²) in [5.74, 6) is -0.805. The van der Waals surface area contributed by atoms with Crippen molar-refractivity contribution < 1.29 is 13.5 Å². The summed E-state index contributed by atoms with van der Waals surface area (Å²) in [6.07, 6.45) is 0.763. The van der Waals surface area contributed by atoms with Crippen LogP contribution in [0.3, 0.4) is 0 Å². The van der Waals surface area contributed by atoms with E-state index in [-0.39, 0.29) is 18.0 Å². The van der Waals surface area contributed by atoms with Crippen LogP contribution in [0.1, 0.15) is 31.9 Å². The lowest BCUT2D eigenvalue weighted by atomic mass is 9.99. The summed E-state index contributed by atoms with van der Waals surface area (Å²) in [7, 11) is 0. The van der Waals surface area contributed by atoms with Gasteiger partial charge in [0.05, 0.1) is 18.8 Å². The molecule has 1 saturated heterocycles. The predicted molar refractivity (Wildman–Crippen MR) is 79.2 cm³/mol. The second kappa shape index (κ2) is 7.82. The number of ether oxygens (including phenoxy) is 1. The first-order chi connectivity index (χ1) is 10.2. The normalized spacial score (nSPS) is 21.4. The predicted octanol–water partition coefficient (Wildman–Crippen LogP) is 2.73. The van der Waals surface area contributed by atoms with Gasteiger partial charge in [0.1, 0.15) is 11.6 Å². The second-order valence-electron chi connectivity index (χ2n) is 5.40. The molecule has 5 heteroatoms. The summed E-state index contributed by atoms with van der Waals surface area (Å²) in [5.41, 5.74) is 0.353. The molecule has 1 N–H and O–H groups in total. The molecule has 0 radical (unpaired) electrons. The maximum Gasteiger partial charge on any atom is 0.128 e. The Morgan fingerprint density at radius 1 is 1.38 bits per heavy atom. The Kier molecular flexibility index (Phi) is 6.08. The number of hydrogen-bond acceptors (Lipinski definition) is 3. The van der Waals surface area contributed by atoms with E-state index in [1.807, 2.05) is 6.92 Å². The van der Waals surface area contributed by atoms with E-state index >= 15 is 0 Å². The van der Waals surface area contributed by atoms with Gasteiger partial charge in [-0.2, -0.15) is 0 Å². The Bertz CT molecular complexity index is 456. The lowest BCUT2D eigenvalue weighted by Gasteiger charge is -2.37. The number of rotatable bonds is 6. The summed E-state index contributed by atoms with van der Waals surface area (Å²) in [6.45, 7) is 8.07. The molecule has 0 saturated carbocycles. The third-order valence-corrected chi connectivity index (χ3v) is 3.90. The van der Waals surface area contributed by atoms with E-state index in [1.54, 1.807) is 0 Å². The van der Waals surface area contributed by atoms with Crippen LogP contribution < -0.4 is 5.32 Å². The fourth-order valence-corrected chi connectivity index (χ4v) is 2.71. The summed E-state index contributed by atoms with van der Waals surface area (Å²) in [6, 6.07) is 3.29. The molecule has 3 nitrogen and oxygen atoms in total. The highest BCUT2D eigenvalue weighted by Gasteiger charge is 2.30. The van der Waals surface area contributed by atoms with E-state index in [1.165, 1.54) is 12.1 Å². The zero-order chi connectivity index (χ0) is 15.2. The van der Waals surface area contributed by atoms with Crippen LogP contribution in [-0.2, 0) is 4.74 Å². The molecule has 1 heterocycles. The van der Waals surface area contributed by atoms with Crippen molar-refractivity contribution in [3.05, 3.63) is 35.4 Å². The highest BCUT2D eigenvalue weighted by Crippen LogP contribution is 2.25. The Hall–Kier alpha value is -1.04. The van der Waals surface area contributed by atoms with Gasteiger partial charge in [0, 0.05) is 18.7 Å². The lowest BCUT2D eigenvalue weighted by Crippen LogP contribution is -2.48. The number of morpholine rings is 1. The number of benzene rings is 1. The molecular weight excluding hydrogens is 274 g/mol. The number of likely N-dealkylation sites (N-methyl/N-ethyl adjacent to an activating group) is 1. The highest BCUT2D eigenvalue weighted by molar-refractivity contribution is 5.24. The molecule has 0 bridgehead atoms. The van der Waals surface area contributed by atoms with Crippen molar-refractivity contribution in [3.63, 3.8) is 0 Å². The fourth-order valence-electron chi connectivity index (χ4n) is 2.71. The first kappa shape index (κ1) is 16.3. The van der Waals surface area contributed by atoms with E-state index in [0.29, 0.717) is 12.2 Å². The van der Waals surface area contributed by atoms with Crippen LogP contribution in [0.25, 0.3) is 0 Å². The number of nitrogens with zero attached hydrogens (tertiary/aromatic N) is 1. The highest BCUT2D eigenvalue weighted by atomic mass is 19.1. The zero-order valence-corrected chi connectivity index (χ0v) is 12.7. The monoisotopic (exact) mass is 298 g/mol. The molecule has 0 amide bonds. The minimum atomic E-state index is -0.419. The molecule has 1 aliphatic heterocycles. The SMILES string of the molecule is CCCNC(c1cc(F)ccc1F)C1CN(CC)CCO1. The van der Waals surface area contributed by atoms with Gasteiger partial charge in [-0.25, -0.2) is 8.78 Å². The van der Waals surface area contributed by atoms with Crippen LogP contribution in [0.2, 0.25) is 0 Å². The fraction of sp³-hybridized carbons (Fsp3) is 0.625. The van der Waals surface area contributed by atoms with Crippen LogP contribution >= 0.6 is 0 Å². The van der Waals surface area contributed by atoms with E-state index in [4.69, 9.17) is 4.74 Å². The summed E-state index contributed by atoms with van der Waals surface area (Å²) in [5, 5.41) is 3.31. The Balaban J connectivity index is 2.22. The van der Waals surface area contributed by atoms with Gasteiger partial charge in [-0.15, -0.1) is 0 Å². The molecule has 0 aliphatic carbocycles. The first-order valence-corrected chi connectivity index (χ1v) is 7.68. The van der Waals surface area contributed by atoms with Gasteiger partial charge < -0.3 is 10.1 Å². The average Bonchev–Trinajstić information content (AvgIpc) is 2.51. The van der Waals surface area contributed by atoms with E-state index < -0.39 is 5.82 Å². The van der Waals surface area contributed by atoms with Crippen molar-refractivity contribution in [2.45, 2.75) is 32.4 Å². The van der Waals surface area contributed by atoms with E-state index in [2.05, 4.69) is 17.1 Å². The number of hydrogen-bond donors (Lipinski definition) is 1. The van der Waals surface area contributed by atoms with Crippen LogP contribution in [-0.4, -0.2) is 43.8 Å². The maximum atomic E-state index is 14.1. The number of nitrogens with one attached hydrogen (secondary N) is 1. The molecule has 21 heavy (non-hydrogen) atoms. The topological polar surface area (TPSA) is 24.5 Å². The van der Waals surface area contributed by atoms with Crippen LogP contribution in [0.15, 0.2) is 18.2 Å². The molecule has 0 aromatic heterocycles. The smallest absolute Gasteiger partial charge is 0.128 e. The molecule has 1 aromatic rings. The lowest BCUT2D eigenvalue weighted by molar-refractivity contribution is -0.0461. The van der Waals surface area contributed by atoms with Crippen molar-refractivity contribution in [3.8, 4) is 0 Å². The van der Waals surface area contributed by atoms with Gasteiger partial charge in [-0.3, -0.25) is 4.90 Å². The molecule has 1 aliphatic rings. The minimum Gasteiger partial charge on any atom is -0.374 e. The third-order valence-electron chi connectivity index (χ3n) is 3.90. The van der Waals surface area contributed by atoms with E-state index in [9.17, 15) is 8.78 Å². The summed E-state index contributed by atoms with van der Waals surface area (Å²) >= 11 is 0. The van der Waals surface area contributed by atoms with Gasteiger partial charge in [0.25, 0.3) is 0 Å². The van der Waals surface area contributed by atoms with Gasteiger partial charge in [0.15, 0.2) is 0 Å². The van der Waals surface area contributed by atoms with Gasteiger partial charge in [-0.05, 0) is 37.7 Å². The van der Waals surface area contributed by atoms with Crippen molar-refractivity contribution in [2.24, 2.45) is 0 Å². The van der Waals surface area contributed by atoms with Gasteiger partial charge in [-0.1, -0.05) is 13.8 Å². The van der Waals surface area contributed by atoms with Crippen molar-refractivity contribution in [1.29, 1.82) is 0 Å². The van der Waals surface area contributed by atoms with Crippen molar-refractivity contribution >= 4 is 0 Å². The number of halogens is 2. The molecule has 118 valence electrons. The molecule has 1 aromatic carbocycles. The quantitative estimate of drug-likeness (QED) is 0.874. The van der Waals surface area contributed by atoms with Crippen molar-refractivity contribution in [2.75, 3.05) is 32.8 Å². The molecule has 2 rings (SSSR count). The van der Waals surface area contributed by atoms with Gasteiger partial charge >= 0.3 is 0 Å². The molecule has 2 unspecified atom stereocenters. The standard InChI is InChI=1S/C16H24F2N2O/c1-3-7-19-16(13-10-12(17)5-6-14(13)18)15-11-20(4-2)8-9-21-15/h5-6,10,15-16,19H,3-4,7-9,11H2,1-2H3. The largest absolute Gasteiger partial charge is 0.374 e. The van der Waals surface area contributed by atoms with Crippen LogP contribution in [0.5, 0.6) is 0 Å². The van der Waals surface area contributed by atoms with Crippen LogP contribution in [0, 0.1) is 11.6 Å². The molecule has 1 fully saturated rings. The van der Waals surface area contributed by atoms with Crippen molar-refractivity contribution in [1.82, 2.24) is 10.2 Å². The summed E-state index contributed by atoms with van der Waals surface area (Å²) < 4.78 is 33.4.